The van der Waals surface area contributed by atoms with Crippen LogP contribution in [0.3, 0.4) is 0 Å². The number of pyridine rings is 1. The normalized spacial score (nSPS) is 12.1. The fourth-order valence-corrected chi connectivity index (χ4v) is 2.04. The van der Waals surface area contributed by atoms with Crippen LogP contribution in [0.1, 0.15) is 29.9 Å². The molecule has 0 bridgehead atoms. The molecule has 100 valence electrons. The fourth-order valence-electron chi connectivity index (χ4n) is 1.42. The van der Waals surface area contributed by atoms with E-state index in [2.05, 4.69) is 10.3 Å². The van der Waals surface area contributed by atoms with E-state index in [1.54, 1.807) is 6.07 Å². The number of carbonyl (C=O) groups is 1. The number of carboxylic acid groups (broad SMARTS) is 1. The lowest BCUT2D eigenvalue weighted by molar-refractivity contribution is 0.0696. The molecule has 0 spiro atoms. The third kappa shape index (κ3) is 4.44. The molecule has 1 heterocycles. The summed E-state index contributed by atoms with van der Waals surface area (Å²) in [5, 5.41) is 12.0. The van der Waals surface area contributed by atoms with Crippen molar-refractivity contribution in [1.82, 2.24) is 4.98 Å². The number of carboxylic acids is 1. The van der Waals surface area contributed by atoms with Crippen molar-refractivity contribution >= 4 is 22.6 Å². The zero-order valence-electron chi connectivity index (χ0n) is 10.6. The van der Waals surface area contributed by atoms with Crippen molar-refractivity contribution in [3.63, 3.8) is 0 Å². The van der Waals surface area contributed by atoms with Crippen LogP contribution in [0.15, 0.2) is 12.1 Å². The highest BCUT2D eigenvalue weighted by molar-refractivity contribution is 7.84. The van der Waals surface area contributed by atoms with Crippen molar-refractivity contribution < 1.29 is 14.1 Å². The number of aromatic nitrogens is 1. The Bertz CT molecular complexity index is 449. The first-order chi connectivity index (χ1) is 8.56. The number of nitrogens with one attached hydrogen (secondary N) is 1. The number of aryl methyl sites for hydroxylation is 1. The van der Waals surface area contributed by atoms with Crippen molar-refractivity contribution in [2.45, 2.75) is 20.3 Å². The lowest BCUT2D eigenvalue weighted by atomic mass is 10.2. The topological polar surface area (TPSA) is 79.3 Å². The van der Waals surface area contributed by atoms with Crippen LogP contribution in [0, 0.1) is 0 Å². The molecule has 0 fully saturated rings. The monoisotopic (exact) mass is 270 g/mol. The van der Waals surface area contributed by atoms with Gasteiger partial charge in [-0.3, -0.25) is 4.21 Å². The second kappa shape index (κ2) is 7.10. The molecule has 0 aromatic carbocycles. The molecule has 0 aliphatic rings. The van der Waals surface area contributed by atoms with E-state index in [9.17, 15) is 9.00 Å². The van der Waals surface area contributed by atoms with E-state index in [0.29, 0.717) is 30.3 Å². The van der Waals surface area contributed by atoms with Crippen LogP contribution in [0.5, 0.6) is 0 Å². The number of aromatic carboxylic acids is 1. The van der Waals surface area contributed by atoms with Gasteiger partial charge in [0.25, 0.3) is 0 Å². The summed E-state index contributed by atoms with van der Waals surface area (Å²) >= 11 is 0. The number of anilines is 1. The van der Waals surface area contributed by atoms with Gasteiger partial charge in [0.05, 0.1) is 5.56 Å². The lowest BCUT2D eigenvalue weighted by Crippen LogP contribution is -2.14. The van der Waals surface area contributed by atoms with Crippen LogP contribution < -0.4 is 5.32 Å². The van der Waals surface area contributed by atoms with Crippen LogP contribution >= 0.6 is 0 Å². The average Bonchev–Trinajstić information content (AvgIpc) is 2.37. The van der Waals surface area contributed by atoms with Crippen LogP contribution in [0.25, 0.3) is 0 Å². The summed E-state index contributed by atoms with van der Waals surface area (Å²) in [4.78, 5) is 15.2. The van der Waals surface area contributed by atoms with Crippen molar-refractivity contribution in [1.29, 1.82) is 0 Å². The highest BCUT2D eigenvalue weighted by Gasteiger charge is 2.07. The zero-order chi connectivity index (χ0) is 13.5. The van der Waals surface area contributed by atoms with Gasteiger partial charge in [0.2, 0.25) is 0 Å². The van der Waals surface area contributed by atoms with Crippen molar-refractivity contribution in [2.75, 3.05) is 23.4 Å². The minimum Gasteiger partial charge on any atom is -0.478 e. The van der Waals surface area contributed by atoms with Gasteiger partial charge in [-0.05, 0) is 18.6 Å². The molecule has 0 aliphatic heterocycles. The summed E-state index contributed by atoms with van der Waals surface area (Å²) in [5.41, 5.74) is 0.954. The first kappa shape index (κ1) is 14.6. The third-order valence-corrected chi connectivity index (χ3v) is 3.75. The molecule has 0 saturated carbocycles. The molecule has 18 heavy (non-hydrogen) atoms. The average molecular weight is 270 g/mol. The molecule has 1 unspecified atom stereocenters. The van der Waals surface area contributed by atoms with Gasteiger partial charge in [-0.25, -0.2) is 9.78 Å². The van der Waals surface area contributed by atoms with Crippen LogP contribution in [0.4, 0.5) is 5.82 Å². The van der Waals surface area contributed by atoms with E-state index in [4.69, 9.17) is 5.11 Å². The molecule has 6 heteroatoms. The van der Waals surface area contributed by atoms with Crippen LogP contribution in [-0.2, 0) is 17.2 Å². The molecule has 1 rings (SSSR count). The quantitative estimate of drug-likeness (QED) is 0.785. The Balaban J connectivity index is 2.72. The highest BCUT2D eigenvalue weighted by atomic mass is 32.2. The maximum atomic E-state index is 11.3. The molecule has 0 aliphatic carbocycles. The Morgan fingerprint density at radius 2 is 2.17 bits per heavy atom. The summed E-state index contributed by atoms with van der Waals surface area (Å²) in [6, 6.07) is 3.06. The number of hydrogen-bond donors (Lipinski definition) is 2. The third-order valence-electron chi connectivity index (χ3n) is 2.45. The predicted molar refractivity (Wildman–Crippen MR) is 72.6 cm³/mol. The maximum Gasteiger partial charge on any atom is 0.335 e. The molecular weight excluding hydrogens is 252 g/mol. The van der Waals surface area contributed by atoms with Crippen LogP contribution in [-0.4, -0.2) is 38.3 Å². The van der Waals surface area contributed by atoms with Gasteiger partial charge in [-0.1, -0.05) is 13.8 Å². The molecule has 5 nitrogen and oxygen atoms in total. The SMILES string of the molecule is CCc1cc(C(=O)O)cc(NCCS(=O)CC)n1. The minimum absolute atomic E-state index is 0.223. The lowest BCUT2D eigenvalue weighted by Gasteiger charge is -2.08. The van der Waals surface area contributed by atoms with Crippen molar-refractivity contribution in [3.8, 4) is 0 Å². The van der Waals surface area contributed by atoms with Gasteiger partial charge in [0, 0.05) is 34.5 Å². The molecule has 1 atom stereocenters. The number of rotatable bonds is 7. The summed E-state index contributed by atoms with van der Waals surface area (Å²) < 4.78 is 11.3. The number of nitrogens with zero attached hydrogens (tertiary/aromatic N) is 1. The molecule has 1 aromatic heterocycles. The Morgan fingerprint density at radius 3 is 2.72 bits per heavy atom. The van der Waals surface area contributed by atoms with E-state index in [0.717, 1.165) is 5.69 Å². The summed E-state index contributed by atoms with van der Waals surface area (Å²) in [7, 11) is -0.829. The maximum absolute atomic E-state index is 11.3. The largest absolute Gasteiger partial charge is 0.478 e. The summed E-state index contributed by atoms with van der Waals surface area (Å²) in [6.07, 6.45) is 0.677. The van der Waals surface area contributed by atoms with E-state index >= 15 is 0 Å². The van der Waals surface area contributed by atoms with E-state index in [-0.39, 0.29) is 5.56 Å². The van der Waals surface area contributed by atoms with Gasteiger partial charge < -0.3 is 10.4 Å². The first-order valence-electron chi connectivity index (χ1n) is 5.89. The van der Waals surface area contributed by atoms with Crippen LogP contribution in [0.2, 0.25) is 0 Å². The number of hydrogen-bond acceptors (Lipinski definition) is 4. The Kier molecular flexibility index (Phi) is 5.77. The van der Waals surface area contributed by atoms with Gasteiger partial charge >= 0.3 is 5.97 Å². The van der Waals surface area contributed by atoms with Gasteiger partial charge in [-0.2, -0.15) is 0 Å². The minimum atomic E-state index is -0.965. The van der Waals surface area contributed by atoms with Gasteiger partial charge in [0.15, 0.2) is 0 Å². The zero-order valence-corrected chi connectivity index (χ0v) is 11.4. The Hall–Kier alpha value is -1.43. The van der Waals surface area contributed by atoms with E-state index in [1.165, 1.54) is 6.07 Å². The van der Waals surface area contributed by atoms with Gasteiger partial charge in [0.1, 0.15) is 5.82 Å². The second-order valence-electron chi connectivity index (χ2n) is 3.75. The van der Waals surface area contributed by atoms with Crippen molar-refractivity contribution in [2.24, 2.45) is 0 Å². The standard InChI is InChI=1S/C12H18N2O3S/c1-3-10-7-9(12(15)16)8-11(14-10)13-5-6-18(17)4-2/h7-8H,3-6H2,1-2H3,(H,13,14)(H,15,16). The Morgan fingerprint density at radius 1 is 1.44 bits per heavy atom. The van der Waals surface area contributed by atoms with E-state index < -0.39 is 16.8 Å². The van der Waals surface area contributed by atoms with E-state index in [1.807, 2.05) is 13.8 Å². The smallest absolute Gasteiger partial charge is 0.335 e. The highest BCUT2D eigenvalue weighted by Crippen LogP contribution is 2.11. The first-order valence-corrected chi connectivity index (χ1v) is 7.38. The second-order valence-corrected chi connectivity index (χ2v) is 5.62. The molecule has 1 aromatic rings. The Labute approximate surface area is 109 Å². The van der Waals surface area contributed by atoms with Gasteiger partial charge in [-0.15, -0.1) is 0 Å². The molecule has 0 saturated heterocycles. The molecule has 2 N–H and O–H groups in total. The fraction of sp³-hybridized carbons (Fsp3) is 0.500. The van der Waals surface area contributed by atoms with Crippen molar-refractivity contribution in [3.05, 3.63) is 23.4 Å². The molecule has 0 radical (unpaired) electrons. The molecule has 0 amide bonds. The molecular formula is C12H18N2O3S. The predicted octanol–water partition coefficient (Wildman–Crippen LogP) is 1.52. The summed E-state index contributed by atoms with van der Waals surface area (Å²) in [5.74, 6) is 0.730. The summed E-state index contributed by atoms with van der Waals surface area (Å²) in [6.45, 7) is 4.32.